The van der Waals surface area contributed by atoms with Gasteiger partial charge in [0.05, 0.1) is 19.4 Å². The van der Waals surface area contributed by atoms with Gasteiger partial charge >= 0.3 is 0 Å². The maximum Gasteiger partial charge on any atom is 0.265 e. The highest BCUT2D eigenvalue weighted by Crippen LogP contribution is 2.38. The minimum Gasteiger partial charge on any atom is -0.515 e. The Morgan fingerprint density at radius 2 is 1.89 bits per heavy atom. The van der Waals surface area contributed by atoms with Crippen LogP contribution in [0.5, 0.6) is 0 Å². The van der Waals surface area contributed by atoms with Crippen LogP contribution >= 0.6 is 0 Å². The van der Waals surface area contributed by atoms with Crippen LogP contribution in [0.2, 0.25) is 0 Å². The van der Waals surface area contributed by atoms with Gasteiger partial charge in [0, 0.05) is 31.2 Å². The van der Waals surface area contributed by atoms with Crippen LogP contribution in [0.3, 0.4) is 0 Å². The van der Waals surface area contributed by atoms with Gasteiger partial charge in [-0.3, -0.25) is 14.4 Å². The Kier molecular flexibility index (Phi) is 6.34. The fourth-order valence-corrected chi connectivity index (χ4v) is 4.05. The van der Waals surface area contributed by atoms with Gasteiger partial charge in [-0.1, -0.05) is 24.3 Å². The molecule has 3 amide bonds. The van der Waals surface area contributed by atoms with Gasteiger partial charge in [0.25, 0.3) is 11.8 Å². The molecule has 0 aliphatic carbocycles. The van der Waals surface area contributed by atoms with Crippen LogP contribution in [0.25, 0.3) is 11.1 Å². The molecule has 0 radical (unpaired) electrons. The second-order valence-corrected chi connectivity index (χ2v) is 7.93. The molecule has 35 heavy (non-hydrogen) atoms. The van der Waals surface area contributed by atoms with Crippen molar-refractivity contribution in [1.29, 1.82) is 0 Å². The van der Waals surface area contributed by atoms with Crippen molar-refractivity contribution >= 4 is 23.4 Å². The van der Waals surface area contributed by atoms with E-state index in [9.17, 15) is 19.5 Å². The Hall–Kier alpha value is -4.51. The SMILES string of the molecule is CC(=O)Nc1ccc(-c2cccc3c2CN(C(CO)(NC(=O)/C=C/O)c2nnc(C)o2)C3=O)cc1. The molecule has 1 atom stereocenters. The smallest absolute Gasteiger partial charge is 0.265 e. The average molecular weight is 477 g/mol. The number of aryl methyl sites for hydroxylation is 1. The number of hydrogen-bond acceptors (Lipinski definition) is 8. The number of fused-ring (bicyclic) bond motifs is 1. The van der Waals surface area contributed by atoms with Crippen molar-refractivity contribution in [2.24, 2.45) is 0 Å². The van der Waals surface area contributed by atoms with Gasteiger partial charge < -0.3 is 30.2 Å². The van der Waals surface area contributed by atoms with Crippen LogP contribution in [0.1, 0.15) is 34.6 Å². The molecule has 0 fully saturated rings. The topological polar surface area (TPSA) is 158 Å². The lowest BCUT2D eigenvalue weighted by Crippen LogP contribution is -2.60. The summed E-state index contributed by atoms with van der Waals surface area (Å²) < 4.78 is 5.53. The first-order valence-corrected chi connectivity index (χ1v) is 10.7. The Bertz CT molecular complexity index is 1320. The van der Waals surface area contributed by atoms with Crippen molar-refractivity contribution in [3.63, 3.8) is 0 Å². The number of amides is 3. The van der Waals surface area contributed by atoms with Crippen molar-refractivity contribution in [2.75, 3.05) is 11.9 Å². The fourth-order valence-electron chi connectivity index (χ4n) is 4.05. The highest BCUT2D eigenvalue weighted by molar-refractivity contribution is 6.01. The molecule has 2 heterocycles. The van der Waals surface area contributed by atoms with E-state index in [-0.39, 0.29) is 24.2 Å². The summed E-state index contributed by atoms with van der Waals surface area (Å²) in [5.74, 6) is -1.44. The molecule has 11 heteroatoms. The van der Waals surface area contributed by atoms with Crippen LogP contribution in [-0.2, 0) is 21.8 Å². The van der Waals surface area contributed by atoms with Crippen LogP contribution in [0.15, 0.2) is 59.2 Å². The zero-order chi connectivity index (χ0) is 25.2. The van der Waals surface area contributed by atoms with E-state index in [1.165, 1.54) is 18.7 Å². The van der Waals surface area contributed by atoms with Gasteiger partial charge in [-0.2, -0.15) is 0 Å². The monoisotopic (exact) mass is 477 g/mol. The highest BCUT2D eigenvalue weighted by Gasteiger charge is 2.50. The molecule has 3 aromatic rings. The van der Waals surface area contributed by atoms with Crippen molar-refractivity contribution in [3.8, 4) is 11.1 Å². The molecule has 0 bridgehead atoms. The van der Waals surface area contributed by atoms with E-state index in [4.69, 9.17) is 9.52 Å². The summed E-state index contributed by atoms with van der Waals surface area (Å²) in [7, 11) is 0. The molecule has 4 N–H and O–H groups in total. The van der Waals surface area contributed by atoms with Crippen molar-refractivity contribution in [3.05, 3.63) is 77.7 Å². The molecular formula is C24H23N5O6. The van der Waals surface area contributed by atoms with Crippen molar-refractivity contribution in [1.82, 2.24) is 20.4 Å². The van der Waals surface area contributed by atoms with Gasteiger partial charge in [-0.15, -0.1) is 10.2 Å². The number of hydrogen-bond donors (Lipinski definition) is 4. The zero-order valence-electron chi connectivity index (χ0n) is 19.0. The predicted molar refractivity (Wildman–Crippen MR) is 124 cm³/mol. The van der Waals surface area contributed by atoms with Crippen LogP contribution < -0.4 is 10.6 Å². The standard InChI is InChI=1S/C24H23N5O6/c1-14(32)25-17-8-6-16(7-9-17)18-4-3-5-19-20(18)12-29(22(19)34)24(13-31,26-21(33)10-11-30)23-28-27-15(2)35-23/h3-11,30-31H,12-13H2,1-2H3,(H,25,32)(H,26,33)/b11-10+. The molecule has 1 aromatic heterocycles. The van der Waals surface area contributed by atoms with E-state index >= 15 is 0 Å². The largest absolute Gasteiger partial charge is 0.515 e. The summed E-state index contributed by atoms with van der Waals surface area (Å²) in [4.78, 5) is 38.5. The van der Waals surface area contributed by atoms with E-state index in [1.807, 2.05) is 18.2 Å². The van der Waals surface area contributed by atoms with E-state index in [1.54, 1.807) is 24.3 Å². The summed E-state index contributed by atoms with van der Waals surface area (Å²) >= 11 is 0. The number of aliphatic hydroxyl groups is 2. The molecule has 0 saturated heterocycles. The lowest BCUT2D eigenvalue weighted by atomic mass is 9.97. The highest BCUT2D eigenvalue weighted by atomic mass is 16.4. The van der Waals surface area contributed by atoms with Gasteiger partial charge in [0.2, 0.25) is 23.4 Å². The van der Waals surface area contributed by atoms with E-state index in [0.29, 0.717) is 23.1 Å². The second-order valence-electron chi connectivity index (χ2n) is 7.93. The lowest BCUT2D eigenvalue weighted by Gasteiger charge is -2.37. The molecule has 180 valence electrons. The van der Waals surface area contributed by atoms with Crippen LogP contribution in [0.4, 0.5) is 5.69 Å². The summed E-state index contributed by atoms with van der Waals surface area (Å²) in [5.41, 5.74) is 1.39. The molecule has 0 saturated carbocycles. The van der Waals surface area contributed by atoms with Crippen LogP contribution in [0, 0.1) is 6.92 Å². The van der Waals surface area contributed by atoms with Crippen molar-refractivity contribution < 1.29 is 29.0 Å². The van der Waals surface area contributed by atoms with Gasteiger partial charge in [-0.25, -0.2) is 0 Å². The number of rotatable bonds is 7. The summed E-state index contributed by atoms with van der Waals surface area (Å²) in [5, 5.41) is 32.4. The Balaban J connectivity index is 1.76. The van der Waals surface area contributed by atoms with E-state index < -0.39 is 24.1 Å². The lowest BCUT2D eigenvalue weighted by molar-refractivity contribution is -0.123. The maximum absolute atomic E-state index is 13.5. The Morgan fingerprint density at radius 3 is 2.49 bits per heavy atom. The van der Waals surface area contributed by atoms with E-state index in [2.05, 4.69) is 20.8 Å². The number of nitrogens with one attached hydrogen (secondary N) is 2. The molecule has 11 nitrogen and oxygen atoms in total. The molecular weight excluding hydrogens is 454 g/mol. The number of carbonyl (C=O) groups is 3. The number of nitrogens with zero attached hydrogens (tertiary/aromatic N) is 3. The van der Waals surface area contributed by atoms with Gasteiger partial charge in [-0.05, 0) is 34.9 Å². The normalized spacial score (nSPS) is 14.6. The number of anilines is 1. The summed E-state index contributed by atoms with van der Waals surface area (Å²) in [6.07, 6.45) is 1.38. The number of carbonyl (C=O) groups excluding carboxylic acids is 3. The predicted octanol–water partition coefficient (Wildman–Crippen LogP) is 1.99. The van der Waals surface area contributed by atoms with Crippen LogP contribution in [-0.4, -0.2) is 49.6 Å². The molecule has 2 aromatic carbocycles. The molecule has 1 aliphatic heterocycles. The Morgan fingerprint density at radius 1 is 1.17 bits per heavy atom. The summed E-state index contributed by atoms with van der Waals surface area (Å²) in [6.45, 7) is 2.21. The average Bonchev–Trinajstić information content (AvgIpc) is 3.42. The molecule has 1 aliphatic rings. The third kappa shape index (κ3) is 4.36. The van der Waals surface area contributed by atoms with Gasteiger partial charge in [0.15, 0.2) is 0 Å². The van der Waals surface area contributed by atoms with E-state index in [0.717, 1.165) is 17.2 Å². The first kappa shape index (κ1) is 23.6. The quantitative estimate of drug-likeness (QED) is 0.297. The maximum atomic E-state index is 13.5. The molecule has 1 unspecified atom stereocenters. The minimum absolute atomic E-state index is 0.0168. The number of aliphatic hydroxyl groups excluding tert-OH is 2. The second kappa shape index (κ2) is 9.39. The Labute approximate surface area is 200 Å². The van der Waals surface area contributed by atoms with Crippen molar-refractivity contribution in [2.45, 2.75) is 26.1 Å². The third-order valence-corrected chi connectivity index (χ3v) is 5.61. The molecule has 0 spiro atoms. The first-order chi connectivity index (χ1) is 16.8. The third-order valence-electron chi connectivity index (χ3n) is 5.61. The zero-order valence-corrected chi connectivity index (χ0v) is 19.0. The molecule has 4 rings (SSSR count). The number of aromatic nitrogens is 2. The number of benzene rings is 2. The minimum atomic E-state index is -1.87. The fraction of sp³-hybridized carbons (Fsp3) is 0.208. The summed E-state index contributed by atoms with van der Waals surface area (Å²) in [6, 6.07) is 12.4. The first-order valence-electron chi connectivity index (χ1n) is 10.7. The van der Waals surface area contributed by atoms with Gasteiger partial charge in [0.1, 0.15) is 0 Å².